The summed E-state index contributed by atoms with van der Waals surface area (Å²) in [6.07, 6.45) is 4.36. The van der Waals surface area contributed by atoms with Crippen LogP contribution in [-0.4, -0.2) is 51.0 Å². The SMILES string of the molecule is CCOc1cc2c(cc1C1CC1NC(=NC)NC1CCOCC1)OC(C)C2.I. The standard InChI is InChI=1S/C21H31N3O3.HI/c1-4-26-20-10-14-9-13(2)27-19(14)12-17(20)16-11-18(16)24-21(22-3)23-15-5-7-25-8-6-15;/h10,12-13,15-16,18H,4-9,11H2,1-3H3,(H2,22,23,24);1H. The fraction of sp³-hybridized carbons (Fsp3) is 0.667. The average molecular weight is 501 g/mol. The molecular weight excluding hydrogens is 469 g/mol. The number of fused-ring (bicyclic) bond motifs is 1. The van der Waals surface area contributed by atoms with Gasteiger partial charge in [0.05, 0.1) is 6.61 Å². The topological polar surface area (TPSA) is 64.1 Å². The molecule has 2 aliphatic heterocycles. The summed E-state index contributed by atoms with van der Waals surface area (Å²) in [5.74, 6) is 3.36. The Morgan fingerprint density at radius 1 is 1.25 bits per heavy atom. The molecule has 156 valence electrons. The molecule has 6 nitrogen and oxygen atoms in total. The molecule has 2 heterocycles. The van der Waals surface area contributed by atoms with Crippen LogP contribution in [0.3, 0.4) is 0 Å². The summed E-state index contributed by atoms with van der Waals surface area (Å²) in [5.41, 5.74) is 2.51. The van der Waals surface area contributed by atoms with Gasteiger partial charge in [-0.25, -0.2) is 0 Å². The van der Waals surface area contributed by atoms with Crippen LogP contribution in [0.2, 0.25) is 0 Å². The van der Waals surface area contributed by atoms with Crippen LogP contribution in [0, 0.1) is 0 Å². The number of hydrogen-bond acceptors (Lipinski definition) is 4. The third-order valence-corrected chi connectivity index (χ3v) is 5.63. The first-order chi connectivity index (χ1) is 13.2. The number of ether oxygens (including phenoxy) is 3. The van der Waals surface area contributed by atoms with Crippen LogP contribution >= 0.6 is 24.0 Å². The van der Waals surface area contributed by atoms with Gasteiger partial charge in [-0.15, -0.1) is 24.0 Å². The van der Waals surface area contributed by atoms with Crippen molar-refractivity contribution in [2.24, 2.45) is 4.99 Å². The van der Waals surface area contributed by atoms with E-state index in [9.17, 15) is 0 Å². The number of halogens is 1. The summed E-state index contributed by atoms with van der Waals surface area (Å²) >= 11 is 0. The van der Waals surface area contributed by atoms with Gasteiger partial charge in [-0.3, -0.25) is 4.99 Å². The van der Waals surface area contributed by atoms with Gasteiger partial charge in [-0.1, -0.05) is 0 Å². The Labute approximate surface area is 184 Å². The zero-order valence-corrected chi connectivity index (χ0v) is 19.3. The highest BCUT2D eigenvalue weighted by Crippen LogP contribution is 2.48. The molecule has 2 fully saturated rings. The molecule has 4 rings (SSSR count). The predicted octanol–water partition coefficient (Wildman–Crippen LogP) is 3.23. The van der Waals surface area contributed by atoms with Gasteiger partial charge in [0.15, 0.2) is 5.96 Å². The second kappa shape index (κ2) is 9.52. The molecule has 1 saturated heterocycles. The van der Waals surface area contributed by atoms with Gasteiger partial charge in [-0.05, 0) is 45.2 Å². The van der Waals surface area contributed by atoms with E-state index >= 15 is 0 Å². The molecule has 0 radical (unpaired) electrons. The van der Waals surface area contributed by atoms with Gasteiger partial charge < -0.3 is 24.8 Å². The fourth-order valence-electron chi connectivity index (χ4n) is 4.11. The molecular formula is C21H32IN3O3. The lowest BCUT2D eigenvalue weighted by Crippen LogP contribution is -2.46. The third-order valence-electron chi connectivity index (χ3n) is 5.63. The molecule has 1 aromatic carbocycles. The van der Waals surface area contributed by atoms with Crippen molar-refractivity contribution in [2.75, 3.05) is 26.9 Å². The van der Waals surface area contributed by atoms with Crippen LogP contribution in [0.1, 0.15) is 50.2 Å². The summed E-state index contributed by atoms with van der Waals surface area (Å²) < 4.78 is 17.4. The first kappa shape index (κ1) is 21.5. The summed E-state index contributed by atoms with van der Waals surface area (Å²) in [4.78, 5) is 4.41. The molecule has 3 unspecified atom stereocenters. The van der Waals surface area contributed by atoms with E-state index in [-0.39, 0.29) is 30.1 Å². The minimum atomic E-state index is 0. The van der Waals surface area contributed by atoms with E-state index in [0.29, 0.717) is 24.6 Å². The van der Waals surface area contributed by atoms with Crippen LogP contribution in [0.4, 0.5) is 0 Å². The number of guanidine groups is 1. The summed E-state index contributed by atoms with van der Waals surface area (Å²) in [6.45, 7) is 6.49. The van der Waals surface area contributed by atoms with Gasteiger partial charge in [0, 0.05) is 55.8 Å². The molecule has 3 atom stereocenters. The lowest BCUT2D eigenvalue weighted by atomic mass is 10.0. The summed E-state index contributed by atoms with van der Waals surface area (Å²) in [5, 5.41) is 7.12. The van der Waals surface area contributed by atoms with Crippen LogP contribution in [0.25, 0.3) is 0 Å². The van der Waals surface area contributed by atoms with E-state index in [2.05, 4.69) is 34.7 Å². The van der Waals surface area contributed by atoms with Gasteiger partial charge in [-0.2, -0.15) is 0 Å². The number of hydrogen-bond donors (Lipinski definition) is 2. The minimum Gasteiger partial charge on any atom is -0.494 e. The zero-order chi connectivity index (χ0) is 18.8. The Morgan fingerprint density at radius 2 is 2.04 bits per heavy atom. The monoisotopic (exact) mass is 501 g/mol. The maximum absolute atomic E-state index is 5.97. The lowest BCUT2D eigenvalue weighted by molar-refractivity contribution is 0.0822. The Morgan fingerprint density at radius 3 is 2.75 bits per heavy atom. The summed E-state index contributed by atoms with van der Waals surface area (Å²) in [6, 6.07) is 5.20. The van der Waals surface area contributed by atoms with Crippen LogP contribution in [0.5, 0.6) is 11.5 Å². The number of rotatable bonds is 5. The number of aliphatic imine (C=N–C) groups is 1. The molecule has 1 saturated carbocycles. The van der Waals surface area contributed by atoms with Crippen molar-refractivity contribution in [3.05, 3.63) is 23.3 Å². The molecule has 0 spiro atoms. The van der Waals surface area contributed by atoms with E-state index < -0.39 is 0 Å². The van der Waals surface area contributed by atoms with E-state index in [0.717, 1.165) is 56.4 Å². The normalized spacial score (nSPS) is 26.7. The predicted molar refractivity (Wildman–Crippen MR) is 121 cm³/mol. The first-order valence-electron chi connectivity index (χ1n) is 10.2. The molecule has 7 heteroatoms. The van der Waals surface area contributed by atoms with Gasteiger partial charge in [0.2, 0.25) is 0 Å². The second-order valence-corrected chi connectivity index (χ2v) is 7.76. The largest absolute Gasteiger partial charge is 0.494 e. The number of nitrogens with zero attached hydrogens (tertiary/aromatic N) is 1. The van der Waals surface area contributed by atoms with Crippen molar-refractivity contribution in [1.82, 2.24) is 10.6 Å². The molecule has 1 aliphatic carbocycles. The lowest BCUT2D eigenvalue weighted by Gasteiger charge is -2.25. The van der Waals surface area contributed by atoms with E-state index in [4.69, 9.17) is 14.2 Å². The van der Waals surface area contributed by atoms with E-state index in [1.165, 1.54) is 11.1 Å². The van der Waals surface area contributed by atoms with Crippen LogP contribution < -0.4 is 20.1 Å². The molecule has 3 aliphatic rings. The highest BCUT2D eigenvalue weighted by atomic mass is 127. The van der Waals surface area contributed by atoms with Gasteiger partial charge in [0.25, 0.3) is 0 Å². The highest BCUT2D eigenvalue weighted by Gasteiger charge is 2.42. The van der Waals surface area contributed by atoms with Gasteiger partial charge >= 0.3 is 0 Å². The van der Waals surface area contributed by atoms with Crippen molar-refractivity contribution >= 4 is 29.9 Å². The minimum absolute atomic E-state index is 0. The first-order valence-corrected chi connectivity index (χ1v) is 10.2. The number of nitrogens with one attached hydrogen (secondary N) is 2. The average Bonchev–Trinajstić information content (AvgIpc) is 3.33. The zero-order valence-electron chi connectivity index (χ0n) is 17.0. The van der Waals surface area contributed by atoms with Crippen molar-refractivity contribution in [3.8, 4) is 11.5 Å². The summed E-state index contributed by atoms with van der Waals surface area (Å²) in [7, 11) is 1.84. The maximum Gasteiger partial charge on any atom is 0.191 e. The number of benzene rings is 1. The van der Waals surface area contributed by atoms with E-state index in [1.54, 1.807) is 0 Å². The quantitative estimate of drug-likeness (QED) is 0.369. The fourth-order valence-corrected chi connectivity index (χ4v) is 4.11. The van der Waals surface area contributed by atoms with Crippen molar-refractivity contribution in [2.45, 2.75) is 63.6 Å². The van der Waals surface area contributed by atoms with Crippen molar-refractivity contribution < 1.29 is 14.2 Å². The Bertz CT molecular complexity index is 706. The third kappa shape index (κ3) is 4.84. The van der Waals surface area contributed by atoms with Gasteiger partial charge in [0.1, 0.15) is 17.6 Å². The molecule has 0 bridgehead atoms. The maximum atomic E-state index is 5.97. The Hall–Kier alpha value is -1.22. The molecule has 0 amide bonds. The molecule has 1 aromatic rings. The Kier molecular flexibility index (Phi) is 7.31. The molecule has 0 aromatic heterocycles. The second-order valence-electron chi connectivity index (χ2n) is 7.76. The smallest absolute Gasteiger partial charge is 0.191 e. The van der Waals surface area contributed by atoms with Crippen LogP contribution in [-0.2, 0) is 11.2 Å². The highest BCUT2D eigenvalue weighted by molar-refractivity contribution is 14.0. The molecule has 2 N–H and O–H groups in total. The van der Waals surface area contributed by atoms with Crippen LogP contribution in [0.15, 0.2) is 17.1 Å². The van der Waals surface area contributed by atoms with Crippen molar-refractivity contribution in [3.63, 3.8) is 0 Å². The molecule has 28 heavy (non-hydrogen) atoms. The van der Waals surface area contributed by atoms with E-state index in [1.807, 2.05) is 14.0 Å². The van der Waals surface area contributed by atoms with Crippen molar-refractivity contribution in [1.29, 1.82) is 0 Å². The Balaban J connectivity index is 0.00000225.